The molecule has 0 aliphatic carbocycles. The molecule has 0 radical (unpaired) electrons. The van der Waals surface area contributed by atoms with E-state index in [0.29, 0.717) is 30.9 Å². The third kappa shape index (κ3) is 3.68. The molecule has 1 aromatic carbocycles. The van der Waals surface area contributed by atoms with Crippen LogP contribution in [-0.2, 0) is 6.54 Å². The summed E-state index contributed by atoms with van der Waals surface area (Å²) in [7, 11) is 1.54. The predicted octanol–water partition coefficient (Wildman–Crippen LogP) is 1.29. The molecule has 2 rings (SSSR count). The molecule has 0 fully saturated rings. The second-order valence-corrected chi connectivity index (χ2v) is 5.68. The zero-order valence-corrected chi connectivity index (χ0v) is 15.6. The van der Waals surface area contributed by atoms with Crippen molar-refractivity contribution in [2.45, 2.75) is 33.7 Å². The smallest absolute Gasteiger partial charge is 0.352 e. The van der Waals surface area contributed by atoms with Crippen LogP contribution in [-0.4, -0.2) is 45.4 Å². The molecular weight excluding hydrogens is 336 g/mol. The fourth-order valence-electron chi connectivity index (χ4n) is 2.62. The van der Waals surface area contributed by atoms with Gasteiger partial charge < -0.3 is 9.64 Å². The van der Waals surface area contributed by atoms with E-state index in [4.69, 9.17) is 4.74 Å². The summed E-state index contributed by atoms with van der Waals surface area (Å²) in [5.41, 5.74) is -1.02. The lowest BCUT2D eigenvalue weighted by Gasteiger charge is -2.19. The Hall–Kier alpha value is -2.90. The number of benzene rings is 1. The van der Waals surface area contributed by atoms with Crippen molar-refractivity contribution in [2.75, 3.05) is 20.2 Å². The Balaban J connectivity index is 2.69. The normalized spacial score (nSPS) is 10.6. The molecule has 0 spiro atoms. The Kier molecular flexibility index (Phi) is 6.32. The van der Waals surface area contributed by atoms with Crippen molar-refractivity contribution in [1.82, 2.24) is 19.2 Å². The van der Waals surface area contributed by atoms with Crippen LogP contribution in [0.1, 0.15) is 37.7 Å². The van der Waals surface area contributed by atoms with Crippen LogP contribution in [0.5, 0.6) is 5.75 Å². The molecule has 0 unspecified atom stereocenters. The molecule has 0 bridgehead atoms. The summed E-state index contributed by atoms with van der Waals surface area (Å²) in [5, 5.41) is 4.10. The van der Waals surface area contributed by atoms with E-state index in [9.17, 15) is 14.4 Å². The minimum Gasteiger partial charge on any atom is -0.497 e. The van der Waals surface area contributed by atoms with Crippen LogP contribution in [0.15, 0.2) is 33.9 Å². The van der Waals surface area contributed by atoms with E-state index in [-0.39, 0.29) is 12.2 Å². The third-order valence-electron chi connectivity index (χ3n) is 4.08. The summed E-state index contributed by atoms with van der Waals surface area (Å²) in [6.07, 6.45) is 0.584. The molecule has 1 aromatic heterocycles. The lowest BCUT2D eigenvalue weighted by molar-refractivity contribution is 0.0761. The number of hydrogen-bond donors (Lipinski definition) is 0. The molecular formula is C18H24N4O4. The third-order valence-corrected chi connectivity index (χ3v) is 4.08. The summed E-state index contributed by atoms with van der Waals surface area (Å²) in [4.78, 5) is 39.6. The monoisotopic (exact) mass is 360 g/mol. The first-order chi connectivity index (χ1) is 12.5. The summed E-state index contributed by atoms with van der Waals surface area (Å²) >= 11 is 0. The standard InChI is InChI=1S/C18H24N4O4/c1-5-12-21-17(24)15(16(23)20(6-2)7-3)19-22(18(21)25)13-8-10-14(26-4)11-9-13/h8-11H,5-7,12H2,1-4H3. The lowest BCUT2D eigenvalue weighted by Crippen LogP contribution is -2.46. The molecule has 26 heavy (non-hydrogen) atoms. The minimum absolute atomic E-state index is 0.217. The van der Waals surface area contributed by atoms with E-state index in [0.717, 1.165) is 9.25 Å². The lowest BCUT2D eigenvalue weighted by atomic mass is 10.3. The molecule has 140 valence electrons. The van der Waals surface area contributed by atoms with Gasteiger partial charge in [-0.3, -0.25) is 14.2 Å². The van der Waals surface area contributed by atoms with Crippen molar-refractivity contribution in [1.29, 1.82) is 0 Å². The first-order valence-corrected chi connectivity index (χ1v) is 8.66. The van der Waals surface area contributed by atoms with Crippen molar-refractivity contribution in [3.05, 3.63) is 50.8 Å². The van der Waals surface area contributed by atoms with E-state index < -0.39 is 17.2 Å². The van der Waals surface area contributed by atoms with Crippen LogP contribution < -0.4 is 16.0 Å². The Morgan fingerprint density at radius 2 is 1.73 bits per heavy atom. The molecule has 0 saturated carbocycles. The van der Waals surface area contributed by atoms with Crippen molar-refractivity contribution in [3.8, 4) is 11.4 Å². The number of carbonyl (C=O) groups is 1. The topological polar surface area (TPSA) is 86.4 Å². The number of aromatic nitrogens is 3. The number of hydrogen-bond acceptors (Lipinski definition) is 5. The summed E-state index contributed by atoms with van der Waals surface area (Å²) < 4.78 is 7.27. The number of nitrogens with zero attached hydrogens (tertiary/aromatic N) is 4. The Morgan fingerprint density at radius 3 is 2.23 bits per heavy atom. The Bertz CT molecular complexity index is 880. The van der Waals surface area contributed by atoms with Crippen molar-refractivity contribution in [2.24, 2.45) is 0 Å². The summed E-state index contributed by atoms with van der Waals surface area (Å²) in [5.74, 6) is 0.148. The van der Waals surface area contributed by atoms with E-state index >= 15 is 0 Å². The van der Waals surface area contributed by atoms with Gasteiger partial charge in [-0.2, -0.15) is 9.78 Å². The quantitative estimate of drug-likeness (QED) is 0.743. The molecule has 8 heteroatoms. The van der Waals surface area contributed by atoms with Gasteiger partial charge in [0.25, 0.3) is 11.5 Å². The van der Waals surface area contributed by atoms with E-state index in [1.54, 1.807) is 31.4 Å². The number of amides is 1. The van der Waals surface area contributed by atoms with Gasteiger partial charge in [0.15, 0.2) is 0 Å². The second-order valence-electron chi connectivity index (χ2n) is 5.68. The molecule has 0 saturated heterocycles. The molecule has 2 aromatic rings. The van der Waals surface area contributed by atoms with Gasteiger partial charge in [0.2, 0.25) is 5.69 Å². The minimum atomic E-state index is -0.654. The number of carbonyl (C=O) groups excluding carboxylic acids is 1. The van der Waals surface area contributed by atoms with Gasteiger partial charge in [0, 0.05) is 19.6 Å². The van der Waals surface area contributed by atoms with Crippen LogP contribution >= 0.6 is 0 Å². The first-order valence-electron chi connectivity index (χ1n) is 8.66. The summed E-state index contributed by atoms with van der Waals surface area (Å²) in [6.45, 7) is 6.62. The molecule has 0 atom stereocenters. The molecule has 1 heterocycles. The highest BCUT2D eigenvalue weighted by molar-refractivity contribution is 5.91. The van der Waals surface area contributed by atoms with Crippen molar-refractivity contribution < 1.29 is 9.53 Å². The molecule has 0 N–H and O–H groups in total. The van der Waals surface area contributed by atoms with Crippen LogP contribution in [0.3, 0.4) is 0 Å². The van der Waals surface area contributed by atoms with Crippen LogP contribution in [0.4, 0.5) is 0 Å². The first kappa shape index (κ1) is 19.4. The summed E-state index contributed by atoms with van der Waals surface area (Å²) in [6, 6.07) is 6.68. The van der Waals surface area contributed by atoms with E-state index in [2.05, 4.69) is 5.10 Å². The average Bonchev–Trinajstić information content (AvgIpc) is 2.66. The van der Waals surface area contributed by atoms with Gasteiger partial charge in [0.05, 0.1) is 12.8 Å². The fourth-order valence-corrected chi connectivity index (χ4v) is 2.62. The number of methoxy groups -OCH3 is 1. The van der Waals surface area contributed by atoms with Gasteiger partial charge in [-0.15, -0.1) is 0 Å². The maximum atomic E-state index is 12.7. The Morgan fingerprint density at radius 1 is 1.12 bits per heavy atom. The number of ether oxygens (including phenoxy) is 1. The highest BCUT2D eigenvalue weighted by atomic mass is 16.5. The maximum Gasteiger partial charge on any atom is 0.352 e. The largest absolute Gasteiger partial charge is 0.497 e. The van der Waals surface area contributed by atoms with Crippen LogP contribution in [0.2, 0.25) is 0 Å². The second kappa shape index (κ2) is 8.46. The van der Waals surface area contributed by atoms with Crippen molar-refractivity contribution in [3.63, 3.8) is 0 Å². The highest BCUT2D eigenvalue weighted by Crippen LogP contribution is 2.13. The van der Waals surface area contributed by atoms with E-state index in [1.165, 1.54) is 4.90 Å². The SMILES string of the molecule is CCCn1c(=O)c(C(=O)N(CC)CC)nn(-c2ccc(OC)cc2)c1=O. The van der Waals surface area contributed by atoms with Gasteiger partial charge >= 0.3 is 5.69 Å². The average molecular weight is 360 g/mol. The van der Waals surface area contributed by atoms with Crippen LogP contribution in [0, 0.1) is 0 Å². The predicted molar refractivity (Wildman–Crippen MR) is 98.2 cm³/mol. The van der Waals surface area contributed by atoms with Crippen LogP contribution in [0.25, 0.3) is 5.69 Å². The van der Waals surface area contributed by atoms with Gasteiger partial charge in [-0.1, -0.05) is 6.92 Å². The van der Waals surface area contributed by atoms with E-state index in [1.807, 2.05) is 20.8 Å². The molecule has 0 aliphatic rings. The van der Waals surface area contributed by atoms with Gasteiger partial charge in [-0.05, 0) is 44.5 Å². The zero-order valence-electron chi connectivity index (χ0n) is 15.6. The molecule has 8 nitrogen and oxygen atoms in total. The maximum absolute atomic E-state index is 12.7. The molecule has 1 amide bonds. The van der Waals surface area contributed by atoms with Crippen molar-refractivity contribution >= 4 is 5.91 Å². The molecule has 0 aliphatic heterocycles. The highest BCUT2D eigenvalue weighted by Gasteiger charge is 2.23. The van der Waals surface area contributed by atoms with Gasteiger partial charge in [-0.25, -0.2) is 4.79 Å². The zero-order chi connectivity index (χ0) is 19.3. The fraction of sp³-hybridized carbons (Fsp3) is 0.444. The van der Waals surface area contributed by atoms with Gasteiger partial charge in [0.1, 0.15) is 5.75 Å². The number of rotatable bonds is 7. The Labute approximate surface area is 151 Å².